The van der Waals surface area contributed by atoms with E-state index in [0.717, 1.165) is 0 Å². The van der Waals surface area contributed by atoms with Gasteiger partial charge in [-0.25, -0.2) is 22.8 Å². The highest BCUT2D eigenvalue weighted by molar-refractivity contribution is 7.91. The normalized spacial score (nSPS) is 23.0. The topological polar surface area (TPSA) is 78.8 Å². The number of ether oxygens (including phenoxy) is 1. The number of imidazole rings is 1. The molecule has 2 aromatic rings. The van der Waals surface area contributed by atoms with Crippen molar-refractivity contribution in [2.24, 2.45) is 5.92 Å². The molecule has 1 aliphatic carbocycles. The average molecular weight is 465 g/mol. The summed E-state index contributed by atoms with van der Waals surface area (Å²) in [6.07, 6.45) is -6.72. The largest absolute Gasteiger partial charge is 0.391 e. The SMILES string of the molecule is Cc1[nH]c([C@@H](OC2CCC(C(F)(F)F)CC2)c2ccc(C(F)F)cc2)nc1[S@](C)(=N)=O. The van der Waals surface area contributed by atoms with Crippen LogP contribution in [0.15, 0.2) is 29.3 Å². The predicted molar refractivity (Wildman–Crippen MR) is 105 cm³/mol. The maximum absolute atomic E-state index is 13.0. The number of aryl methyl sites for hydroxylation is 1. The molecule has 0 radical (unpaired) electrons. The first-order valence-electron chi connectivity index (χ1n) is 9.76. The van der Waals surface area contributed by atoms with Gasteiger partial charge in [0.05, 0.1) is 21.8 Å². The minimum absolute atomic E-state index is 0.0524. The van der Waals surface area contributed by atoms with Gasteiger partial charge in [0.25, 0.3) is 6.43 Å². The summed E-state index contributed by atoms with van der Waals surface area (Å²) < 4.78 is 90.8. The summed E-state index contributed by atoms with van der Waals surface area (Å²) in [6.45, 7) is 1.61. The minimum atomic E-state index is -4.24. The Morgan fingerprint density at radius 3 is 2.13 bits per heavy atom. The monoisotopic (exact) mass is 465 g/mol. The maximum Gasteiger partial charge on any atom is 0.391 e. The second-order valence-electron chi connectivity index (χ2n) is 7.89. The van der Waals surface area contributed by atoms with Crippen LogP contribution in [-0.4, -0.2) is 32.7 Å². The first-order chi connectivity index (χ1) is 14.4. The van der Waals surface area contributed by atoms with E-state index < -0.39 is 40.5 Å². The molecule has 1 fully saturated rings. The van der Waals surface area contributed by atoms with Crippen molar-refractivity contribution in [3.63, 3.8) is 0 Å². The van der Waals surface area contributed by atoms with Crippen molar-refractivity contribution in [3.05, 3.63) is 46.9 Å². The second-order valence-corrected chi connectivity index (χ2v) is 9.97. The predicted octanol–water partition coefficient (Wildman–Crippen LogP) is 5.92. The number of hydrogen-bond donors (Lipinski definition) is 2. The zero-order chi connectivity index (χ0) is 23.0. The summed E-state index contributed by atoms with van der Waals surface area (Å²) in [6, 6.07) is 5.41. The number of benzene rings is 1. The number of hydrogen-bond acceptors (Lipinski definition) is 4. The van der Waals surface area contributed by atoms with Crippen molar-refractivity contribution in [3.8, 4) is 0 Å². The van der Waals surface area contributed by atoms with E-state index in [1.165, 1.54) is 30.5 Å². The van der Waals surface area contributed by atoms with Crippen LogP contribution in [0.3, 0.4) is 0 Å². The van der Waals surface area contributed by atoms with Crippen molar-refractivity contribution >= 4 is 9.73 Å². The van der Waals surface area contributed by atoms with Crippen LogP contribution in [0.5, 0.6) is 0 Å². The lowest BCUT2D eigenvalue weighted by Gasteiger charge is -2.32. The van der Waals surface area contributed by atoms with E-state index in [1.807, 2.05) is 0 Å². The molecule has 1 aromatic heterocycles. The molecule has 0 unspecified atom stereocenters. The Hall–Kier alpha value is -2.01. The highest BCUT2D eigenvalue weighted by Gasteiger charge is 2.42. The van der Waals surface area contributed by atoms with Crippen LogP contribution in [-0.2, 0) is 14.5 Å². The van der Waals surface area contributed by atoms with E-state index in [0.29, 0.717) is 11.3 Å². The van der Waals surface area contributed by atoms with Gasteiger partial charge < -0.3 is 9.72 Å². The van der Waals surface area contributed by atoms with E-state index in [1.54, 1.807) is 6.92 Å². The van der Waals surface area contributed by atoms with Gasteiger partial charge in [-0.05, 0) is 38.2 Å². The Balaban J connectivity index is 1.89. The minimum Gasteiger partial charge on any atom is -0.362 e. The lowest BCUT2D eigenvalue weighted by Crippen LogP contribution is -2.31. The third-order valence-electron chi connectivity index (χ3n) is 5.43. The fourth-order valence-electron chi connectivity index (χ4n) is 3.81. The number of nitrogens with one attached hydrogen (secondary N) is 2. The van der Waals surface area contributed by atoms with E-state index in [2.05, 4.69) is 9.97 Å². The summed E-state index contributed by atoms with van der Waals surface area (Å²) >= 11 is 0. The van der Waals surface area contributed by atoms with Gasteiger partial charge >= 0.3 is 6.18 Å². The van der Waals surface area contributed by atoms with Gasteiger partial charge in [0.2, 0.25) is 0 Å². The number of rotatable bonds is 6. The molecule has 2 atom stereocenters. The molecule has 0 aliphatic heterocycles. The number of alkyl halides is 5. The molecule has 0 spiro atoms. The van der Waals surface area contributed by atoms with Gasteiger partial charge in [-0.15, -0.1) is 0 Å². The molecule has 172 valence electrons. The Morgan fingerprint density at radius 2 is 1.68 bits per heavy atom. The zero-order valence-electron chi connectivity index (χ0n) is 17.0. The van der Waals surface area contributed by atoms with Crippen LogP contribution < -0.4 is 0 Å². The summed E-state index contributed by atoms with van der Waals surface area (Å²) in [5, 5.41) is 0.0566. The maximum atomic E-state index is 13.0. The van der Waals surface area contributed by atoms with E-state index in [4.69, 9.17) is 9.52 Å². The lowest BCUT2D eigenvalue weighted by molar-refractivity contribution is -0.188. The first kappa shape index (κ1) is 23.6. The fourth-order valence-corrected chi connectivity index (χ4v) is 4.71. The zero-order valence-corrected chi connectivity index (χ0v) is 17.8. The summed E-state index contributed by atoms with van der Waals surface area (Å²) in [5.74, 6) is -1.13. The van der Waals surface area contributed by atoms with Gasteiger partial charge in [0.15, 0.2) is 5.03 Å². The molecule has 0 saturated heterocycles. The summed E-state index contributed by atoms with van der Waals surface area (Å²) in [4.78, 5) is 7.21. The fraction of sp³-hybridized carbons (Fsp3) is 0.550. The van der Waals surface area contributed by atoms with Gasteiger partial charge in [-0.1, -0.05) is 24.3 Å². The molecule has 2 N–H and O–H groups in total. The molecule has 1 saturated carbocycles. The van der Waals surface area contributed by atoms with Gasteiger partial charge in [0.1, 0.15) is 11.9 Å². The molecule has 1 heterocycles. The Bertz CT molecular complexity index is 995. The molecule has 1 aliphatic rings. The molecule has 3 rings (SSSR count). The molecule has 31 heavy (non-hydrogen) atoms. The van der Waals surface area contributed by atoms with Gasteiger partial charge in [-0.3, -0.25) is 0 Å². The van der Waals surface area contributed by atoms with Crippen LogP contribution >= 0.6 is 0 Å². The Morgan fingerprint density at radius 1 is 1.13 bits per heavy atom. The Kier molecular flexibility index (Phi) is 6.75. The molecular formula is C20H24F5N3O2S. The molecule has 5 nitrogen and oxygen atoms in total. The smallest absolute Gasteiger partial charge is 0.362 e. The number of aromatic nitrogens is 2. The van der Waals surface area contributed by atoms with Gasteiger partial charge in [-0.2, -0.15) is 13.2 Å². The van der Waals surface area contributed by atoms with Crippen molar-refractivity contribution in [2.45, 2.75) is 62.4 Å². The third kappa shape index (κ3) is 5.62. The summed E-state index contributed by atoms with van der Waals surface area (Å²) in [7, 11) is -3.13. The first-order valence-corrected chi connectivity index (χ1v) is 11.7. The number of halogens is 5. The van der Waals surface area contributed by atoms with E-state index in [9.17, 15) is 26.2 Å². The van der Waals surface area contributed by atoms with Crippen LogP contribution in [0.2, 0.25) is 0 Å². The second kappa shape index (κ2) is 8.85. The van der Waals surface area contributed by atoms with Crippen molar-refractivity contribution in [2.75, 3.05) is 6.26 Å². The van der Waals surface area contributed by atoms with Crippen LogP contribution in [0.4, 0.5) is 22.0 Å². The van der Waals surface area contributed by atoms with Crippen LogP contribution in [0.25, 0.3) is 0 Å². The summed E-state index contributed by atoms with van der Waals surface area (Å²) in [5.41, 5.74) is 0.721. The lowest BCUT2D eigenvalue weighted by atomic mass is 9.87. The molecule has 1 aromatic carbocycles. The number of H-pyrrole nitrogens is 1. The molecule has 0 bridgehead atoms. The molecule has 11 heteroatoms. The standard InChI is InChI=1S/C20H24F5N3O2S/c1-11-19(31(2,26)29)28-18(27-11)16(12-3-5-13(6-4-12)17(21)22)30-15-9-7-14(8-10-15)20(23,24)25/h3-6,14-17,26H,7-10H2,1-2H3,(H,27,28)/t14?,15?,16-,31+/m0/s1. The average Bonchev–Trinajstić information content (AvgIpc) is 3.08. The van der Waals surface area contributed by atoms with Crippen molar-refractivity contribution < 1.29 is 30.9 Å². The van der Waals surface area contributed by atoms with Crippen LogP contribution in [0.1, 0.15) is 60.9 Å². The molecular weight excluding hydrogens is 441 g/mol. The highest BCUT2D eigenvalue weighted by atomic mass is 32.2. The number of nitrogens with zero attached hydrogens (tertiary/aromatic N) is 1. The quantitative estimate of drug-likeness (QED) is 0.520. The third-order valence-corrected chi connectivity index (χ3v) is 6.57. The van der Waals surface area contributed by atoms with E-state index in [-0.39, 0.29) is 42.1 Å². The van der Waals surface area contributed by atoms with Crippen LogP contribution in [0, 0.1) is 17.6 Å². The Labute approximate surface area is 177 Å². The molecule has 0 amide bonds. The highest BCUT2D eigenvalue weighted by Crippen LogP contribution is 2.40. The number of aromatic amines is 1. The van der Waals surface area contributed by atoms with Crippen molar-refractivity contribution in [1.82, 2.24) is 9.97 Å². The van der Waals surface area contributed by atoms with Gasteiger partial charge in [0, 0.05) is 17.5 Å². The van der Waals surface area contributed by atoms with Crippen molar-refractivity contribution in [1.29, 1.82) is 4.78 Å². The van der Waals surface area contributed by atoms with E-state index >= 15 is 0 Å².